The number of amides is 1. The molecule has 7 nitrogen and oxygen atoms in total. The van der Waals surface area contributed by atoms with Gasteiger partial charge in [0.2, 0.25) is 5.91 Å². The molecule has 3 N–H and O–H groups in total. The van der Waals surface area contributed by atoms with E-state index in [-0.39, 0.29) is 23.8 Å². The predicted octanol–water partition coefficient (Wildman–Crippen LogP) is 5.21. The summed E-state index contributed by atoms with van der Waals surface area (Å²) in [5.74, 6) is -0.176. The van der Waals surface area contributed by atoms with Gasteiger partial charge in [-0.25, -0.2) is 4.79 Å². The van der Waals surface area contributed by atoms with Crippen molar-refractivity contribution in [2.45, 2.75) is 53.6 Å². The van der Waals surface area contributed by atoms with Crippen LogP contribution < -0.4 is 10.1 Å². The second-order valence-electron chi connectivity index (χ2n) is 7.20. The number of nitrogens with one attached hydrogen (secondary N) is 1. The van der Waals surface area contributed by atoms with Crippen LogP contribution in [0.4, 0.5) is 0 Å². The largest absolute Gasteiger partial charge is 0.508 e. The highest BCUT2D eigenvalue weighted by Gasteiger charge is 2.53. The number of allylic oxidation sites excluding steroid dienone is 5. The number of benzene rings is 1. The van der Waals surface area contributed by atoms with Gasteiger partial charge in [-0.05, 0) is 45.1 Å². The third kappa shape index (κ3) is 5.19. The highest BCUT2D eigenvalue weighted by atomic mass is 16.6. The summed E-state index contributed by atoms with van der Waals surface area (Å²) in [4.78, 5) is 24.3. The summed E-state index contributed by atoms with van der Waals surface area (Å²) in [7, 11) is 0. The topological polar surface area (TPSA) is 105 Å². The molecule has 1 unspecified atom stereocenters. The van der Waals surface area contributed by atoms with E-state index in [1.54, 1.807) is 45.1 Å². The molecule has 7 heteroatoms. The van der Waals surface area contributed by atoms with Crippen LogP contribution in [-0.2, 0) is 19.9 Å². The molecule has 176 valence electrons. The van der Waals surface area contributed by atoms with Crippen LogP contribution in [0.3, 0.4) is 0 Å². The Hall–Kier alpha value is -3.74. The monoisotopic (exact) mass is 453 g/mol. The summed E-state index contributed by atoms with van der Waals surface area (Å²) in [6.07, 6.45) is 8.17. The van der Waals surface area contributed by atoms with E-state index in [2.05, 4.69) is 5.32 Å². The Bertz CT molecular complexity index is 1090. The molecule has 2 aliphatic rings. The quantitative estimate of drug-likeness (QED) is 0.330. The summed E-state index contributed by atoms with van der Waals surface area (Å²) < 4.78 is 11.9. The van der Waals surface area contributed by atoms with Crippen molar-refractivity contribution < 1.29 is 29.3 Å². The lowest BCUT2D eigenvalue weighted by molar-refractivity contribution is -0.144. The first-order chi connectivity index (χ1) is 15.7. The van der Waals surface area contributed by atoms with Gasteiger partial charge in [-0.3, -0.25) is 4.79 Å². The van der Waals surface area contributed by atoms with Crippen molar-refractivity contribution in [1.82, 2.24) is 5.32 Å². The molecule has 1 atom stereocenters. The average Bonchev–Trinajstić information content (AvgIpc) is 3.10. The van der Waals surface area contributed by atoms with Crippen LogP contribution in [0.2, 0.25) is 0 Å². The zero-order valence-electron chi connectivity index (χ0n) is 19.9. The summed E-state index contributed by atoms with van der Waals surface area (Å²) in [6.45, 7) is 10.6. The molecule has 1 saturated heterocycles. The number of ether oxygens (including phenoxy) is 2. The number of aromatic hydroxyl groups is 1. The number of aliphatic hydroxyl groups is 1. The van der Waals surface area contributed by atoms with Gasteiger partial charge in [-0.2, -0.15) is 0 Å². The van der Waals surface area contributed by atoms with E-state index in [4.69, 9.17) is 9.47 Å². The minimum absolute atomic E-state index is 0.00520. The van der Waals surface area contributed by atoms with Crippen molar-refractivity contribution in [1.29, 1.82) is 0 Å². The molecule has 33 heavy (non-hydrogen) atoms. The molecule has 0 radical (unpaired) electrons. The molecule has 2 heterocycles. The first-order valence-electron chi connectivity index (χ1n) is 10.9. The van der Waals surface area contributed by atoms with E-state index in [1.165, 1.54) is 31.2 Å². The molecule has 0 saturated carbocycles. The van der Waals surface area contributed by atoms with Crippen molar-refractivity contribution in [2.75, 3.05) is 0 Å². The van der Waals surface area contributed by atoms with Gasteiger partial charge in [0, 0.05) is 47.9 Å². The first-order valence-corrected chi connectivity index (χ1v) is 10.9. The van der Waals surface area contributed by atoms with Gasteiger partial charge >= 0.3 is 5.97 Å². The van der Waals surface area contributed by atoms with Gasteiger partial charge in [-0.15, -0.1) is 0 Å². The zero-order valence-corrected chi connectivity index (χ0v) is 19.9. The van der Waals surface area contributed by atoms with Crippen LogP contribution in [0.1, 0.15) is 53.5 Å². The molecule has 1 aromatic rings. The Kier molecular flexibility index (Phi) is 8.29. The number of phenols is 1. The van der Waals surface area contributed by atoms with Gasteiger partial charge in [0.05, 0.1) is 0 Å². The minimum Gasteiger partial charge on any atom is -0.508 e. The molecule has 0 aliphatic carbocycles. The summed E-state index contributed by atoms with van der Waals surface area (Å²) >= 11 is 0. The zero-order chi connectivity index (χ0) is 24.8. The second kappa shape index (κ2) is 10.7. The Morgan fingerprint density at radius 2 is 1.85 bits per heavy atom. The molecule has 1 aromatic carbocycles. The van der Waals surface area contributed by atoms with Gasteiger partial charge in [0.15, 0.2) is 5.60 Å². The van der Waals surface area contributed by atoms with E-state index in [9.17, 15) is 19.8 Å². The Balaban J connectivity index is 0.00000187. The van der Waals surface area contributed by atoms with E-state index < -0.39 is 11.6 Å². The molecule has 0 bridgehead atoms. The van der Waals surface area contributed by atoms with Crippen molar-refractivity contribution in [3.05, 3.63) is 82.5 Å². The summed E-state index contributed by atoms with van der Waals surface area (Å²) in [6, 6.07) is 4.59. The SMILES string of the molecule is CC.C\C=C(O)/C=C1/Oc2cc(O)ccc2C2(C/C(=C\C(=C/C)NC(C)=O)C(=O)O2)/C1=C/C. The minimum atomic E-state index is -1.20. The maximum Gasteiger partial charge on any atom is 0.335 e. The Labute approximate surface area is 194 Å². The molecule has 1 spiro atoms. The molecule has 1 fully saturated rings. The first kappa shape index (κ1) is 25.5. The third-order valence-electron chi connectivity index (χ3n) is 5.11. The third-order valence-corrected chi connectivity index (χ3v) is 5.11. The van der Waals surface area contributed by atoms with Crippen molar-refractivity contribution in [3.8, 4) is 11.5 Å². The van der Waals surface area contributed by atoms with Crippen LogP contribution >= 0.6 is 0 Å². The Morgan fingerprint density at radius 3 is 2.42 bits per heavy atom. The van der Waals surface area contributed by atoms with Gasteiger partial charge in [0.1, 0.15) is 23.0 Å². The van der Waals surface area contributed by atoms with Crippen LogP contribution in [0.15, 0.2) is 76.9 Å². The van der Waals surface area contributed by atoms with Gasteiger partial charge in [0.25, 0.3) is 0 Å². The number of fused-ring (bicyclic) bond motifs is 2. The van der Waals surface area contributed by atoms with E-state index in [1.807, 2.05) is 13.8 Å². The highest BCUT2D eigenvalue weighted by Crippen LogP contribution is 2.54. The fourth-order valence-corrected chi connectivity index (χ4v) is 3.74. The lowest BCUT2D eigenvalue weighted by atomic mass is 9.79. The second-order valence-corrected chi connectivity index (χ2v) is 7.20. The number of hydrogen-bond donors (Lipinski definition) is 3. The standard InChI is InChI=1S/C24H25NO6.C2H6/c1-5-16(25-14(4)26)10-15-13-24(31-23(15)29)19(7-3)21(11-17(27)6-2)30-22-12-18(28)8-9-20(22)24;1-2/h5-12,27-28H,13H2,1-4H3,(H,25,26);1-2H3/b15-10+,16-5+,17-6+,19-7+,21-11+;. The van der Waals surface area contributed by atoms with E-state index in [0.29, 0.717) is 33.9 Å². The van der Waals surface area contributed by atoms with E-state index >= 15 is 0 Å². The summed E-state index contributed by atoms with van der Waals surface area (Å²) in [5.41, 5.74) is 0.801. The van der Waals surface area contributed by atoms with Gasteiger partial charge < -0.3 is 25.0 Å². The number of aliphatic hydroxyl groups excluding tert-OH is 1. The maximum absolute atomic E-state index is 12.9. The number of phenolic OH excluding ortho intramolecular Hbond substituents is 1. The fraction of sp³-hybridized carbons (Fsp3) is 0.308. The molecular formula is C26H31NO6. The number of hydrogen-bond acceptors (Lipinski definition) is 6. The molecule has 0 aromatic heterocycles. The molecule has 1 amide bonds. The van der Waals surface area contributed by atoms with Crippen LogP contribution in [0.5, 0.6) is 11.5 Å². The highest BCUT2D eigenvalue weighted by molar-refractivity contribution is 5.93. The predicted molar refractivity (Wildman–Crippen MR) is 126 cm³/mol. The number of carbonyl (C=O) groups excluding carboxylic acids is 2. The van der Waals surface area contributed by atoms with Crippen LogP contribution in [0, 0.1) is 0 Å². The van der Waals surface area contributed by atoms with Crippen LogP contribution in [0.25, 0.3) is 0 Å². The van der Waals surface area contributed by atoms with Crippen molar-refractivity contribution >= 4 is 11.9 Å². The lowest BCUT2D eigenvalue weighted by Gasteiger charge is -2.37. The summed E-state index contributed by atoms with van der Waals surface area (Å²) in [5, 5.41) is 22.7. The van der Waals surface area contributed by atoms with E-state index in [0.717, 1.165) is 0 Å². The Morgan fingerprint density at radius 1 is 1.15 bits per heavy atom. The molecule has 2 aliphatic heterocycles. The molecule has 3 rings (SSSR count). The lowest BCUT2D eigenvalue weighted by Crippen LogP contribution is -2.34. The smallest absolute Gasteiger partial charge is 0.335 e. The molecular weight excluding hydrogens is 422 g/mol. The van der Waals surface area contributed by atoms with Crippen molar-refractivity contribution in [3.63, 3.8) is 0 Å². The van der Waals surface area contributed by atoms with Crippen LogP contribution in [-0.4, -0.2) is 22.1 Å². The number of carbonyl (C=O) groups is 2. The van der Waals surface area contributed by atoms with Gasteiger partial charge in [-0.1, -0.05) is 26.0 Å². The average molecular weight is 454 g/mol. The van der Waals surface area contributed by atoms with Crippen molar-refractivity contribution in [2.24, 2.45) is 0 Å². The number of rotatable bonds is 3. The normalized spacial score (nSPS) is 23.7. The maximum atomic E-state index is 12.9. The fourth-order valence-electron chi connectivity index (χ4n) is 3.74. The number of esters is 1.